The highest BCUT2D eigenvalue weighted by atomic mass is 32.2. The summed E-state index contributed by atoms with van der Waals surface area (Å²) in [5.74, 6) is 0.162. The fraction of sp³-hybridized carbons (Fsp3) is 0.273. The largest absolute Gasteiger partial charge is 0.288 e. The Hall–Kier alpha value is -1.16. The summed E-state index contributed by atoms with van der Waals surface area (Å²) in [6, 6.07) is 1.74. The van der Waals surface area contributed by atoms with Gasteiger partial charge in [0.15, 0.2) is 5.12 Å². The Kier molecular flexibility index (Phi) is 4.49. The van der Waals surface area contributed by atoms with E-state index in [2.05, 4.69) is 4.98 Å². The van der Waals surface area contributed by atoms with Crippen molar-refractivity contribution in [1.29, 1.82) is 0 Å². The first kappa shape index (κ1) is 11.9. The molecule has 0 aliphatic rings. The molecule has 80 valence electrons. The molecule has 1 heterocycles. The second-order valence-electron chi connectivity index (χ2n) is 3.02. The molecule has 2 nitrogen and oxygen atoms in total. The van der Waals surface area contributed by atoms with E-state index in [1.807, 2.05) is 6.08 Å². The number of hydrogen-bond acceptors (Lipinski definition) is 3. The molecule has 0 radical (unpaired) electrons. The number of carbonyl (C=O) groups is 1. The minimum absolute atomic E-state index is 0.0808. The molecule has 0 amide bonds. The summed E-state index contributed by atoms with van der Waals surface area (Å²) in [7, 11) is 0. The van der Waals surface area contributed by atoms with Crippen molar-refractivity contribution in [3.63, 3.8) is 0 Å². The molecule has 15 heavy (non-hydrogen) atoms. The first-order valence-corrected chi connectivity index (χ1v) is 5.51. The fourth-order valence-corrected chi connectivity index (χ4v) is 1.47. The molecule has 0 fully saturated rings. The molecule has 0 N–H and O–H groups in total. The van der Waals surface area contributed by atoms with E-state index >= 15 is 0 Å². The third-order valence-electron chi connectivity index (χ3n) is 1.86. The molecule has 0 aliphatic heterocycles. The summed E-state index contributed by atoms with van der Waals surface area (Å²) in [4.78, 5) is 14.2. The SMILES string of the molecule is CC(=O)SCC=Cc1ccnc(F)c1C. The highest BCUT2D eigenvalue weighted by molar-refractivity contribution is 8.13. The molecule has 1 aromatic rings. The van der Waals surface area contributed by atoms with Gasteiger partial charge >= 0.3 is 0 Å². The van der Waals surface area contributed by atoms with E-state index in [-0.39, 0.29) is 5.12 Å². The molecule has 0 saturated heterocycles. The first-order chi connectivity index (χ1) is 7.11. The summed E-state index contributed by atoms with van der Waals surface area (Å²) < 4.78 is 13.0. The normalized spacial score (nSPS) is 10.9. The zero-order chi connectivity index (χ0) is 11.3. The molecule has 0 saturated carbocycles. The van der Waals surface area contributed by atoms with Gasteiger partial charge in [-0.2, -0.15) is 4.39 Å². The van der Waals surface area contributed by atoms with Crippen LogP contribution < -0.4 is 0 Å². The molecule has 1 rings (SSSR count). The lowest BCUT2D eigenvalue weighted by Gasteiger charge is -1.99. The van der Waals surface area contributed by atoms with Gasteiger partial charge in [0.05, 0.1) is 0 Å². The van der Waals surface area contributed by atoms with Crippen LogP contribution in [0.15, 0.2) is 18.3 Å². The number of aromatic nitrogens is 1. The van der Waals surface area contributed by atoms with Gasteiger partial charge in [-0.15, -0.1) is 0 Å². The lowest BCUT2D eigenvalue weighted by molar-refractivity contribution is -0.109. The summed E-state index contributed by atoms with van der Waals surface area (Å²) in [5, 5.41) is 0.0808. The molecule has 0 spiro atoms. The third-order valence-corrected chi connectivity index (χ3v) is 2.63. The van der Waals surface area contributed by atoms with Crippen LogP contribution >= 0.6 is 11.8 Å². The van der Waals surface area contributed by atoms with Gasteiger partial charge in [-0.05, 0) is 18.6 Å². The number of thioether (sulfide) groups is 1. The van der Waals surface area contributed by atoms with E-state index in [4.69, 9.17) is 0 Å². The Morgan fingerprint density at radius 3 is 3.07 bits per heavy atom. The predicted octanol–water partition coefficient (Wildman–Crippen LogP) is 2.82. The van der Waals surface area contributed by atoms with Crippen molar-refractivity contribution in [2.24, 2.45) is 0 Å². The van der Waals surface area contributed by atoms with E-state index in [0.717, 1.165) is 5.56 Å². The minimum atomic E-state index is -0.448. The zero-order valence-electron chi connectivity index (χ0n) is 8.66. The average molecular weight is 225 g/mol. The van der Waals surface area contributed by atoms with Crippen LogP contribution in [0.2, 0.25) is 0 Å². The van der Waals surface area contributed by atoms with Crippen molar-refractivity contribution < 1.29 is 9.18 Å². The van der Waals surface area contributed by atoms with Gasteiger partial charge in [0.2, 0.25) is 5.95 Å². The maximum Gasteiger partial charge on any atom is 0.216 e. The van der Waals surface area contributed by atoms with Crippen LogP contribution in [-0.2, 0) is 4.79 Å². The number of nitrogens with zero attached hydrogens (tertiary/aromatic N) is 1. The molecule has 4 heteroatoms. The number of pyridine rings is 1. The van der Waals surface area contributed by atoms with Gasteiger partial charge in [0, 0.05) is 24.4 Å². The molecule has 0 atom stereocenters. The second-order valence-corrected chi connectivity index (χ2v) is 4.22. The lowest BCUT2D eigenvalue weighted by Crippen LogP contribution is -1.90. The molecule has 0 unspecified atom stereocenters. The number of carbonyl (C=O) groups excluding carboxylic acids is 1. The zero-order valence-corrected chi connectivity index (χ0v) is 9.47. The average Bonchev–Trinajstić information content (AvgIpc) is 2.18. The molecule has 0 aromatic carbocycles. The number of halogens is 1. The van der Waals surface area contributed by atoms with Crippen LogP contribution in [0, 0.1) is 12.9 Å². The van der Waals surface area contributed by atoms with Crippen LogP contribution in [-0.4, -0.2) is 15.9 Å². The molecule has 0 aliphatic carbocycles. The van der Waals surface area contributed by atoms with Crippen LogP contribution in [0.4, 0.5) is 4.39 Å². The van der Waals surface area contributed by atoms with Gasteiger partial charge in [-0.3, -0.25) is 4.79 Å². The smallest absolute Gasteiger partial charge is 0.216 e. The Bertz CT molecular complexity index is 390. The molecule has 1 aromatic heterocycles. The van der Waals surface area contributed by atoms with Gasteiger partial charge < -0.3 is 0 Å². The summed E-state index contributed by atoms with van der Waals surface area (Å²) in [6.07, 6.45) is 5.07. The maximum atomic E-state index is 13.0. The van der Waals surface area contributed by atoms with Crippen LogP contribution in [0.5, 0.6) is 0 Å². The van der Waals surface area contributed by atoms with Gasteiger partial charge in [-0.1, -0.05) is 23.9 Å². The highest BCUT2D eigenvalue weighted by Crippen LogP contribution is 2.12. The van der Waals surface area contributed by atoms with Crippen molar-refractivity contribution in [1.82, 2.24) is 4.98 Å². The summed E-state index contributed by atoms with van der Waals surface area (Å²) >= 11 is 1.23. The highest BCUT2D eigenvalue weighted by Gasteiger charge is 2.00. The Morgan fingerprint density at radius 2 is 2.40 bits per heavy atom. The number of hydrogen-bond donors (Lipinski definition) is 0. The Balaban J connectivity index is 2.64. The minimum Gasteiger partial charge on any atom is -0.288 e. The van der Waals surface area contributed by atoms with Crippen LogP contribution in [0.25, 0.3) is 6.08 Å². The van der Waals surface area contributed by atoms with Gasteiger partial charge in [0.25, 0.3) is 0 Å². The van der Waals surface area contributed by atoms with E-state index in [1.54, 1.807) is 19.1 Å². The predicted molar refractivity (Wildman–Crippen MR) is 61.1 cm³/mol. The van der Waals surface area contributed by atoms with Gasteiger partial charge in [0.1, 0.15) is 0 Å². The first-order valence-electron chi connectivity index (χ1n) is 4.52. The maximum absolute atomic E-state index is 13.0. The third kappa shape index (κ3) is 3.83. The van der Waals surface area contributed by atoms with E-state index in [0.29, 0.717) is 11.3 Å². The monoisotopic (exact) mass is 225 g/mol. The quantitative estimate of drug-likeness (QED) is 0.741. The van der Waals surface area contributed by atoms with E-state index in [1.165, 1.54) is 24.9 Å². The van der Waals surface area contributed by atoms with Crippen LogP contribution in [0.1, 0.15) is 18.1 Å². The van der Waals surface area contributed by atoms with Gasteiger partial charge in [-0.25, -0.2) is 4.98 Å². The molecular formula is C11H12FNOS. The van der Waals surface area contributed by atoms with E-state index < -0.39 is 5.95 Å². The second kappa shape index (κ2) is 5.66. The van der Waals surface area contributed by atoms with Crippen molar-refractivity contribution >= 4 is 23.0 Å². The van der Waals surface area contributed by atoms with Crippen LogP contribution in [0.3, 0.4) is 0 Å². The molecular weight excluding hydrogens is 213 g/mol. The van der Waals surface area contributed by atoms with E-state index in [9.17, 15) is 9.18 Å². The van der Waals surface area contributed by atoms with Crippen molar-refractivity contribution in [3.05, 3.63) is 35.4 Å². The molecule has 0 bridgehead atoms. The number of rotatable bonds is 3. The summed E-state index contributed by atoms with van der Waals surface area (Å²) in [5.41, 5.74) is 1.33. The standard InChI is InChI=1S/C11H12FNOS/c1-8-10(5-6-13-11(8)12)4-3-7-15-9(2)14/h3-6H,7H2,1-2H3. The fourth-order valence-electron chi connectivity index (χ4n) is 1.05. The lowest BCUT2D eigenvalue weighted by atomic mass is 10.1. The van der Waals surface area contributed by atoms with Crippen molar-refractivity contribution in [3.8, 4) is 0 Å². The summed E-state index contributed by atoms with van der Waals surface area (Å²) in [6.45, 7) is 3.20. The Morgan fingerprint density at radius 1 is 1.67 bits per heavy atom. The topological polar surface area (TPSA) is 30.0 Å². The Labute approximate surface area is 92.6 Å². The van der Waals surface area contributed by atoms with Crippen molar-refractivity contribution in [2.45, 2.75) is 13.8 Å². The van der Waals surface area contributed by atoms with Crippen molar-refractivity contribution in [2.75, 3.05) is 5.75 Å².